The minimum atomic E-state index is -0.702. The number of fused-ring (bicyclic) bond motifs is 2. The van der Waals surface area contributed by atoms with E-state index in [1.54, 1.807) is 0 Å². The first-order chi connectivity index (χ1) is 6.18. The molecule has 73 valence electrons. The molecule has 3 heteroatoms. The third kappa shape index (κ3) is 1.26. The first-order valence-electron chi connectivity index (χ1n) is 4.96. The van der Waals surface area contributed by atoms with Crippen LogP contribution in [0.1, 0.15) is 32.1 Å². The number of hydrogen-bond donors (Lipinski definition) is 1. The standard InChI is InChI=1S/C10H16NO2/c1-2-10-5-3-8(4-6-10)11(10)7-9(12)13/h8H,1-7H2,(H,12,13). The summed E-state index contributed by atoms with van der Waals surface area (Å²) in [6.07, 6.45) is 5.49. The van der Waals surface area contributed by atoms with E-state index in [2.05, 4.69) is 11.8 Å². The Balaban J connectivity index is 2.13. The highest BCUT2D eigenvalue weighted by Gasteiger charge is 2.50. The molecule has 2 bridgehead atoms. The fourth-order valence-corrected chi connectivity index (χ4v) is 2.96. The lowest BCUT2D eigenvalue weighted by atomic mass is 9.86. The molecule has 2 saturated heterocycles. The number of hydrogen-bond acceptors (Lipinski definition) is 2. The molecule has 3 nitrogen and oxygen atoms in total. The quantitative estimate of drug-likeness (QED) is 0.715. The lowest BCUT2D eigenvalue weighted by Crippen LogP contribution is -2.43. The molecule has 0 atom stereocenters. The van der Waals surface area contributed by atoms with Crippen molar-refractivity contribution in [3.63, 3.8) is 0 Å². The van der Waals surface area contributed by atoms with Crippen molar-refractivity contribution in [2.45, 2.75) is 43.7 Å². The smallest absolute Gasteiger partial charge is 0.317 e. The molecule has 2 aliphatic rings. The number of nitrogens with zero attached hydrogens (tertiary/aromatic N) is 1. The van der Waals surface area contributed by atoms with E-state index >= 15 is 0 Å². The molecule has 2 fully saturated rings. The van der Waals surface area contributed by atoms with Crippen molar-refractivity contribution < 1.29 is 9.90 Å². The fourth-order valence-electron chi connectivity index (χ4n) is 2.96. The molecule has 1 radical (unpaired) electrons. The number of aliphatic carboxylic acids is 1. The van der Waals surface area contributed by atoms with Crippen molar-refractivity contribution in [2.75, 3.05) is 6.54 Å². The summed E-state index contributed by atoms with van der Waals surface area (Å²) in [5.74, 6) is -0.702. The van der Waals surface area contributed by atoms with E-state index in [0.717, 1.165) is 19.3 Å². The maximum Gasteiger partial charge on any atom is 0.317 e. The van der Waals surface area contributed by atoms with Crippen molar-refractivity contribution in [3.8, 4) is 0 Å². The van der Waals surface area contributed by atoms with Gasteiger partial charge in [-0.05, 0) is 32.1 Å². The summed E-state index contributed by atoms with van der Waals surface area (Å²) >= 11 is 0. The van der Waals surface area contributed by atoms with Crippen LogP contribution in [0.3, 0.4) is 0 Å². The molecule has 2 heterocycles. The zero-order valence-corrected chi connectivity index (χ0v) is 7.83. The highest BCUT2D eigenvalue weighted by Crippen LogP contribution is 2.47. The van der Waals surface area contributed by atoms with Gasteiger partial charge in [0.1, 0.15) is 0 Å². The largest absolute Gasteiger partial charge is 0.480 e. The monoisotopic (exact) mass is 182 g/mol. The predicted molar refractivity (Wildman–Crippen MR) is 49.3 cm³/mol. The van der Waals surface area contributed by atoms with E-state index in [4.69, 9.17) is 5.11 Å². The molecule has 2 aliphatic heterocycles. The lowest BCUT2D eigenvalue weighted by molar-refractivity contribution is -0.139. The molecule has 0 unspecified atom stereocenters. The Hall–Kier alpha value is -0.570. The molecule has 1 N–H and O–H groups in total. The molecule has 13 heavy (non-hydrogen) atoms. The second kappa shape index (κ2) is 2.98. The molecule has 0 aromatic carbocycles. The van der Waals surface area contributed by atoms with E-state index < -0.39 is 5.97 Å². The minimum absolute atomic E-state index is 0.142. The summed E-state index contributed by atoms with van der Waals surface area (Å²) in [6.45, 7) is 4.17. The van der Waals surface area contributed by atoms with Crippen LogP contribution >= 0.6 is 0 Å². The van der Waals surface area contributed by atoms with Crippen molar-refractivity contribution >= 4 is 5.97 Å². The van der Waals surface area contributed by atoms with Gasteiger partial charge in [0.15, 0.2) is 0 Å². The second-order valence-electron chi connectivity index (χ2n) is 4.23. The molecule has 2 rings (SSSR count). The SMILES string of the molecule is [CH2]CC12CCC(CC1)N2CC(=O)O. The number of carboxylic acid groups (broad SMARTS) is 1. The van der Waals surface area contributed by atoms with Crippen LogP contribution in [0.15, 0.2) is 0 Å². The van der Waals surface area contributed by atoms with Gasteiger partial charge in [-0.15, -0.1) is 0 Å². The third-order valence-electron chi connectivity index (χ3n) is 3.71. The van der Waals surface area contributed by atoms with Gasteiger partial charge in [-0.25, -0.2) is 0 Å². The van der Waals surface area contributed by atoms with E-state index in [0.29, 0.717) is 6.04 Å². The molecular formula is C10H16NO2. The van der Waals surface area contributed by atoms with Gasteiger partial charge < -0.3 is 5.11 Å². The average Bonchev–Trinajstić information content (AvgIpc) is 2.61. The highest BCUT2D eigenvalue weighted by atomic mass is 16.4. The van der Waals surface area contributed by atoms with Gasteiger partial charge in [0.25, 0.3) is 0 Å². The van der Waals surface area contributed by atoms with Gasteiger partial charge in [-0.1, -0.05) is 6.92 Å². The van der Waals surface area contributed by atoms with Crippen molar-refractivity contribution in [2.24, 2.45) is 0 Å². The van der Waals surface area contributed by atoms with Crippen LogP contribution in [-0.2, 0) is 4.79 Å². The van der Waals surface area contributed by atoms with Crippen molar-refractivity contribution in [1.29, 1.82) is 0 Å². The Morgan fingerprint density at radius 3 is 2.62 bits per heavy atom. The van der Waals surface area contributed by atoms with Gasteiger partial charge >= 0.3 is 5.97 Å². The van der Waals surface area contributed by atoms with Crippen LogP contribution in [-0.4, -0.2) is 34.1 Å². The topological polar surface area (TPSA) is 40.5 Å². The van der Waals surface area contributed by atoms with Crippen LogP contribution in [0.5, 0.6) is 0 Å². The molecule has 0 aliphatic carbocycles. The summed E-state index contributed by atoms with van der Waals surface area (Å²) in [6, 6.07) is 0.526. The first kappa shape index (κ1) is 9.00. The normalized spacial score (nSPS) is 38.4. The molecule has 0 aromatic rings. The average molecular weight is 182 g/mol. The number of rotatable bonds is 3. The summed E-state index contributed by atoms with van der Waals surface area (Å²) < 4.78 is 0. The Morgan fingerprint density at radius 2 is 2.15 bits per heavy atom. The molecular weight excluding hydrogens is 166 g/mol. The molecule has 0 amide bonds. The zero-order chi connectivity index (χ0) is 9.47. The summed E-state index contributed by atoms with van der Waals surface area (Å²) in [5.41, 5.74) is 0.142. The van der Waals surface area contributed by atoms with Crippen LogP contribution < -0.4 is 0 Å². The Labute approximate surface area is 78.7 Å². The van der Waals surface area contributed by atoms with E-state index in [1.807, 2.05) is 0 Å². The van der Waals surface area contributed by atoms with E-state index in [9.17, 15) is 4.79 Å². The summed E-state index contributed by atoms with van der Waals surface area (Å²) in [7, 11) is 0. The zero-order valence-electron chi connectivity index (χ0n) is 7.83. The lowest BCUT2D eigenvalue weighted by Gasteiger charge is -2.32. The second-order valence-corrected chi connectivity index (χ2v) is 4.23. The van der Waals surface area contributed by atoms with E-state index in [1.165, 1.54) is 12.8 Å². The third-order valence-corrected chi connectivity index (χ3v) is 3.71. The Morgan fingerprint density at radius 1 is 1.54 bits per heavy atom. The van der Waals surface area contributed by atoms with Crippen LogP contribution in [0.2, 0.25) is 0 Å². The molecule has 0 aromatic heterocycles. The molecule has 0 saturated carbocycles. The minimum Gasteiger partial charge on any atom is -0.480 e. The first-order valence-corrected chi connectivity index (χ1v) is 4.96. The van der Waals surface area contributed by atoms with Crippen LogP contribution in [0, 0.1) is 6.92 Å². The maximum atomic E-state index is 10.7. The van der Waals surface area contributed by atoms with Gasteiger partial charge in [0, 0.05) is 11.6 Å². The van der Waals surface area contributed by atoms with Gasteiger partial charge in [-0.2, -0.15) is 0 Å². The Kier molecular flexibility index (Phi) is 2.06. The summed E-state index contributed by atoms with van der Waals surface area (Å²) in [4.78, 5) is 12.8. The van der Waals surface area contributed by atoms with Crippen molar-refractivity contribution in [3.05, 3.63) is 6.92 Å². The highest BCUT2D eigenvalue weighted by molar-refractivity contribution is 5.69. The predicted octanol–water partition coefficient (Wildman–Crippen LogP) is 1.29. The Bertz CT molecular complexity index is 219. The maximum absolute atomic E-state index is 10.7. The number of carbonyl (C=O) groups is 1. The van der Waals surface area contributed by atoms with Gasteiger partial charge in [-0.3, -0.25) is 9.69 Å². The van der Waals surface area contributed by atoms with E-state index in [-0.39, 0.29) is 12.1 Å². The number of carboxylic acids is 1. The van der Waals surface area contributed by atoms with Gasteiger partial charge in [0.05, 0.1) is 6.54 Å². The van der Waals surface area contributed by atoms with Crippen LogP contribution in [0.25, 0.3) is 0 Å². The van der Waals surface area contributed by atoms with Crippen LogP contribution in [0.4, 0.5) is 0 Å². The molecule has 0 spiro atoms. The fraction of sp³-hybridized carbons (Fsp3) is 0.800. The van der Waals surface area contributed by atoms with Crippen molar-refractivity contribution in [1.82, 2.24) is 4.90 Å². The summed E-state index contributed by atoms with van der Waals surface area (Å²) in [5, 5.41) is 8.79. The van der Waals surface area contributed by atoms with Gasteiger partial charge in [0.2, 0.25) is 0 Å².